The molecule has 0 saturated carbocycles. The monoisotopic (exact) mass is 325 g/mol. The van der Waals surface area contributed by atoms with Crippen molar-refractivity contribution >= 4 is 11.8 Å². The van der Waals surface area contributed by atoms with Gasteiger partial charge in [0.05, 0.1) is 11.6 Å². The van der Waals surface area contributed by atoms with Gasteiger partial charge in [-0.15, -0.1) is 0 Å². The fraction of sp³-hybridized carbons (Fsp3) is 0.526. The van der Waals surface area contributed by atoms with Crippen molar-refractivity contribution in [3.63, 3.8) is 0 Å². The van der Waals surface area contributed by atoms with Gasteiger partial charge >= 0.3 is 0 Å². The van der Waals surface area contributed by atoms with Gasteiger partial charge in [0.2, 0.25) is 5.91 Å². The first kappa shape index (κ1) is 16.5. The van der Waals surface area contributed by atoms with Crippen molar-refractivity contribution in [1.29, 1.82) is 5.26 Å². The molecule has 126 valence electrons. The average molecular weight is 325 g/mol. The third kappa shape index (κ3) is 3.76. The molecular weight excluding hydrogens is 302 g/mol. The predicted molar refractivity (Wildman–Crippen MR) is 90.2 cm³/mol. The number of carbonyl (C=O) groups is 2. The summed E-state index contributed by atoms with van der Waals surface area (Å²) >= 11 is 0. The molecule has 0 N–H and O–H groups in total. The summed E-state index contributed by atoms with van der Waals surface area (Å²) in [6, 6.07) is 8.98. The van der Waals surface area contributed by atoms with E-state index in [9.17, 15) is 9.59 Å². The Bertz CT molecular complexity index is 657. The van der Waals surface area contributed by atoms with Crippen molar-refractivity contribution in [3.8, 4) is 6.07 Å². The molecule has 0 spiro atoms. The van der Waals surface area contributed by atoms with Crippen LogP contribution in [0.5, 0.6) is 0 Å². The summed E-state index contributed by atoms with van der Waals surface area (Å²) in [5.41, 5.74) is 1.11. The van der Waals surface area contributed by atoms with E-state index in [4.69, 9.17) is 5.26 Å². The van der Waals surface area contributed by atoms with Crippen LogP contribution in [0, 0.1) is 17.2 Å². The molecule has 0 aliphatic carbocycles. The lowest BCUT2D eigenvalue weighted by atomic mass is 9.93. The highest BCUT2D eigenvalue weighted by molar-refractivity contribution is 5.94. The summed E-state index contributed by atoms with van der Waals surface area (Å²) in [6.07, 6.45) is 4.72. The third-order valence-corrected chi connectivity index (χ3v) is 5.12. The van der Waals surface area contributed by atoms with Crippen molar-refractivity contribution < 1.29 is 9.59 Å². The van der Waals surface area contributed by atoms with E-state index in [1.165, 1.54) is 0 Å². The van der Waals surface area contributed by atoms with E-state index in [2.05, 4.69) is 6.07 Å². The van der Waals surface area contributed by atoms with Crippen molar-refractivity contribution in [3.05, 3.63) is 35.4 Å². The van der Waals surface area contributed by atoms with Crippen molar-refractivity contribution in [2.24, 2.45) is 5.92 Å². The highest BCUT2D eigenvalue weighted by atomic mass is 16.2. The lowest BCUT2D eigenvalue weighted by Crippen LogP contribution is -2.39. The van der Waals surface area contributed by atoms with Crippen molar-refractivity contribution in [1.82, 2.24) is 9.80 Å². The van der Waals surface area contributed by atoms with Gasteiger partial charge in [0, 0.05) is 38.2 Å². The van der Waals surface area contributed by atoms with Crippen molar-refractivity contribution in [2.45, 2.75) is 32.1 Å². The zero-order valence-corrected chi connectivity index (χ0v) is 13.9. The second kappa shape index (κ2) is 7.48. The average Bonchev–Trinajstić information content (AvgIpc) is 3.05. The van der Waals surface area contributed by atoms with E-state index in [1.807, 2.05) is 9.80 Å². The number of nitriles is 1. The first-order chi connectivity index (χ1) is 11.7. The Hall–Kier alpha value is -2.35. The second-order valence-corrected chi connectivity index (χ2v) is 6.70. The van der Waals surface area contributed by atoms with Gasteiger partial charge < -0.3 is 9.80 Å². The molecule has 0 aromatic heterocycles. The number of hydrogen-bond acceptors (Lipinski definition) is 3. The fourth-order valence-electron chi connectivity index (χ4n) is 3.61. The molecule has 2 saturated heterocycles. The summed E-state index contributed by atoms with van der Waals surface area (Å²) < 4.78 is 0. The number of amides is 2. The molecule has 2 fully saturated rings. The summed E-state index contributed by atoms with van der Waals surface area (Å²) in [5, 5.41) is 8.95. The summed E-state index contributed by atoms with van der Waals surface area (Å²) in [4.78, 5) is 28.1. The van der Waals surface area contributed by atoms with Gasteiger partial charge in [-0.2, -0.15) is 5.26 Å². The van der Waals surface area contributed by atoms with Gasteiger partial charge in [0.1, 0.15) is 0 Å². The molecule has 2 amide bonds. The van der Waals surface area contributed by atoms with Gasteiger partial charge in [-0.1, -0.05) is 6.07 Å². The highest BCUT2D eigenvalue weighted by Crippen LogP contribution is 2.23. The van der Waals surface area contributed by atoms with Gasteiger partial charge in [0.15, 0.2) is 0 Å². The third-order valence-electron chi connectivity index (χ3n) is 5.12. The molecule has 3 rings (SSSR count). The summed E-state index contributed by atoms with van der Waals surface area (Å²) in [5.74, 6) is 0.896. The lowest BCUT2D eigenvalue weighted by molar-refractivity contribution is -0.127. The first-order valence-corrected chi connectivity index (χ1v) is 8.74. The molecule has 24 heavy (non-hydrogen) atoms. The Morgan fingerprint density at radius 3 is 2.71 bits per heavy atom. The van der Waals surface area contributed by atoms with Crippen LogP contribution in [0.4, 0.5) is 0 Å². The van der Waals surface area contributed by atoms with E-state index in [0.29, 0.717) is 29.4 Å². The molecule has 0 radical (unpaired) electrons. The first-order valence-electron chi connectivity index (χ1n) is 8.74. The molecule has 0 bridgehead atoms. The molecule has 0 atom stereocenters. The number of rotatable bonds is 4. The van der Waals surface area contributed by atoms with Crippen LogP contribution < -0.4 is 0 Å². The number of carbonyl (C=O) groups excluding carboxylic acids is 2. The Morgan fingerprint density at radius 1 is 1.25 bits per heavy atom. The van der Waals surface area contributed by atoms with Crippen molar-refractivity contribution in [2.75, 3.05) is 26.2 Å². The van der Waals surface area contributed by atoms with Gasteiger partial charge in [-0.25, -0.2) is 0 Å². The Morgan fingerprint density at radius 2 is 2.04 bits per heavy atom. The Kier molecular flexibility index (Phi) is 5.14. The van der Waals surface area contributed by atoms with E-state index in [1.54, 1.807) is 24.3 Å². The zero-order valence-electron chi connectivity index (χ0n) is 13.9. The molecule has 1 aromatic rings. The molecule has 1 aromatic carbocycles. The van der Waals surface area contributed by atoms with E-state index in [0.717, 1.165) is 51.9 Å². The highest BCUT2D eigenvalue weighted by Gasteiger charge is 2.26. The minimum Gasteiger partial charge on any atom is -0.343 e. The zero-order chi connectivity index (χ0) is 16.9. The molecule has 5 nitrogen and oxygen atoms in total. The number of likely N-dealkylation sites (tertiary alicyclic amines) is 2. The van der Waals surface area contributed by atoms with E-state index < -0.39 is 0 Å². The van der Waals surface area contributed by atoms with Gasteiger partial charge in [-0.3, -0.25) is 9.59 Å². The van der Waals surface area contributed by atoms with Crippen LogP contribution in [0.15, 0.2) is 24.3 Å². The smallest absolute Gasteiger partial charge is 0.253 e. The Labute approximate surface area is 142 Å². The molecule has 2 aliphatic rings. The largest absolute Gasteiger partial charge is 0.343 e. The number of benzene rings is 1. The summed E-state index contributed by atoms with van der Waals surface area (Å²) in [6.45, 7) is 3.29. The Balaban J connectivity index is 1.48. The summed E-state index contributed by atoms with van der Waals surface area (Å²) in [7, 11) is 0. The normalized spacial score (nSPS) is 18.7. The number of hydrogen-bond donors (Lipinski definition) is 0. The molecule has 2 aliphatic heterocycles. The van der Waals surface area contributed by atoms with Crippen LogP contribution in [0.3, 0.4) is 0 Å². The molecular formula is C19H23N3O2. The maximum atomic E-state index is 12.5. The van der Waals surface area contributed by atoms with E-state index >= 15 is 0 Å². The minimum absolute atomic E-state index is 0.0141. The van der Waals surface area contributed by atoms with Crippen LogP contribution in [0.2, 0.25) is 0 Å². The van der Waals surface area contributed by atoms with Crippen LogP contribution in [-0.4, -0.2) is 47.8 Å². The standard InChI is InChI=1S/C19H23N3O2/c20-14-16-3-1-4-17(13-16)19(24)22-11-7-15(8-12-22)6-10-21-9-2-5-18(21)23/h1,3-4,13,15H,2,5-12H2. The fourth-order valence-corrected chi connectivity index (χ4v) is 3.61. The SMILES string of the molecule is N#Cc1cccc(C(=O)N2CCC(CCN3CCCC3=O)CC2)c1. The number of piperidine rings is 1. The molecule has 0 unspecified atom stereocenters. The quantitative estimate of drug-likeness (QED) is 0.854. The maximum absolute atomic E-state index is 12.5. The topological polar surface area (TPSA) is 64.4 Å². The maximum Gasteiger partial charge on any atom is 0.253 e. The second-order valence-electron chi connectivity index (χ2n) is 6.70. The van der Waals surface area contributed by atoms with Gasteiger partial charge in [0.25, 0.3) is 5.91 Å². The van der Waals surface area contributed by atoms with Crippen LogP contribution in [0.25, 0.3) is 0 Å². The van der Waals surface area contributed by atoms with Crippen LogP contribution in [-0.2, 0) is 4.79 Å². The minimum atomic E-state index is 0.0141. The van der Waals surface area contributed by atoms with Crippen LogP contribution in [0.1, 0.15) is 48.0 Å². The lowest BCUT2D eigenvalue weighted by Gasteiger charge is -2.33. The van der Waals surface area contributed by atoms with Crippen LogP contribution >= 0.6 is 0 Å². The van der Waals surface area contributed by atoms with E-state index in [-0.39, 0.29) is 5.91 Å². The van der Waals surface area contributed by atoms with Gasteiger partial charge in [-0.05, 0) is 49.8 Å². The predicted octanol–water partition coefficient (Wildman–Crippen LogP) is 2.42. The molecule has 5 heteroatoms. The molecule has 2 heterocycles. The number of nitrogens with zero attached hydrogens (tertiary/aromatic N) is 3.